The number of halogens is 2. The fourth-order valence-electron chi connectivity index (χ4n) is 2.73. The van der Waals surface area contributed by atoms with Crippen molar-refractivity contribution < 1.29 is 8.78 Å². The average molecular weight is 236 g/mol. The van der Waals surface area contributed by atoms with E-state index in [9.17, 15) is 8.78 Å². The van der Waals surface area contributed by atoms with Crippen LogP contribution in [0.2, 0.25) is 0 Å². The molecule has 1 aromatic rings. The smallest absolute Gasteiger partial charge is 0.159 e. The summed E-state index contributed by atoms with van der Waals surface area (Å²) in [7, 11) is 0. The summed E-state index contributed by atoms with van der Waals surface area (Å²) < 4.78 is 26.0. The molecular weight excluding hydrogens is 218 g/mol. The largest absolute Gasteiger partial charge is 0.204 e. The van der Waals surface area contributed by atoms with Gasteiger partial charge in [0.1, 0.15) is 0 Å². The van der Waals surface area contributed by atoms with Gasteiger partial charge in [0.15, 0.2) is 11.6 Å². The van der Waals surface area contributed by atoms with Gasteiger partial charge in [0.05, 0.1) is 0 Å². The molecule has 0 N–H and O–H groups in total. The van der Waals surface area contributed by atoms with Crippen molar-refractivity contribution in [2.45, 2.75) is 38.0 Å². The van der Waals surface area contributed by atoms with Gasteiger partial charge in [0.25, 0.3) is 0 Å². The first-order valence-electron chi connectivity index (χ1n) is 6.26. The molecule has 1 saturated carbocycles. The van der Waals surface area contributed by atoms with Crippen molar-refractivity contribution in [1.82, 2.24) is 0 Å². The van der Waals surface area contributed by atoms with E-state index in [4.69, 9.17) is 0 Å². The molecule has 0 aliphatic heterocycles. The van der Waals surface area contributed by atoms with Gasteiger partial charge in [-0.1, -0.05) is 12.1 Å². The Morgan fingerprint density at radius 2 is 1.82 bits per heavy atom. The Kier molecular flexibility index (Phi) is 3.93. The van der Waals surface area contributed by atoms with Crippen LogP contribution in [-0.2, 0) is 0 Å². The van der Waals surface area contributed by atoms with Gasteiger partial charge < -0.3 is 0 Å². The van der Waals surface area contributed by atoms with Crippen LogP contribution in [0.25, 0.3) is 0 Å². The third-order valence-electron chi connectivity index (χ3n) is 3.76. The molecule has 2 rings (SSSR count). The van der Waals surface area contributed by atoms with Gasteiger partial charge in [-0.3, -0.25) is 0 Å². The standard InChI is InChI=1S/C15H18F2/c1-2-3-11-4-6-12(7-5-11)13-8-9-14(16)15(17)10-13/h2,8-12H,1,3-7H2/t11-,12-. The highest BCUT2D eigenvalue weighted by molar-refractivity contribution is 5.22. The van der Waals surface area contributed by atoms with Crippen LogP contribution in [0.1, 0.15) is 43.6 Å². The van der Waals surface area contributed by atoms with Crippen molar-refractivity contribution in [3.8, 4) is 0 Å². The third kappa shape index (κ3) is 2.93. The molecule has 0 aromatic heterocycles. The van der Waals surface area contributed by atoms with Crippen LogP contribution in [0.4, 0.5) is 8.78 Å². The van der Waals surface area contributed by atoms with E-state index in [0.29, 0.717) is 5.92 Å². The van der Waals surface area contributed by atoms with E-state index in [-0.39, 0.29) is 0 Å². The lowest BCUT2D eigenvalue weighted by Crippen LogP contribution is -2.13. The minimum atomic E-state index is -0.755. The first kappa shape index (κ1) is 12.3. The van der Waals surface area contributed by atoms with Gasteiger partial charge in [0.2, 0.25) is 0 Å². The number of allylic oxidation sites excluding steroid dienone is 1. The summed E-state index contributed by atoms with van der Waals surface area (Å²) in [6.45, 7) is 3.76. The van der Waals surface area contributed by atoms with E-state index in [1.54, 1.807) is 6.07 Å². The molecule has 0 spiro atoms. The van der Waals surface area contributed by atoms with Crippen molar-refractivity contribution in [2.75, 3.05) is 0 Å². The summed E-state index contributed by atoms with van der Waals surface area (Å²) >= 11 is 0. The molecule has 2 heteroatoms. The zero-order chi connectivity index (χ0) is 12.3. The van der Waals surface area contributed by atoms with Gasteiger partial charge in [-0.25, -0.2) is 8.78 Å². The minimum Gasteiger partial charge on any atom is -0.204 e. The zero-order valence-electron chi connectivity index (χ0n) is 9.96. The molecule has 0 saturated heterocycles. The highest BCUT2D eigenvalue weighted by Gasteiger charge is 2.22. The number of benzene rings is 1. The van der Waals surface area contributed by atoms with Gasteiger partial charge in [-0.15, -0.1) is 6.58 Å². The SMILES string of the molecule is C=CC[C@H]1CC[C@H](c2ccc(F)c(F)c2)CC1. The highest BCUT2D eigenvalue weighted by atomic mass is 19.2. The second kappa shape index (κ2) is 5.44. The summed E-state index contributed by atoms with van der Waals surface area (Å²) in [5.74, 6) is -0.356. The molecule has 1 aromatic carbocycles. The van der Waals surface area contributed by atoms with Crippen LogP contribution in [0.15, 0.2) is 30.9 Å². The van der Waals surface area contributed by atoms with E-state index in [2.05, 4.69) is 6.58 Å². The molecule has 0 heterocycles. The number of rotatable bonds is 3. The Morgan fingerprint density at radius 1 is 1.12 bits per heavy atom. The lowest BCUT2D eigenvalue weighted by molar-refractivity contribution is 0.327. The van der Waals surface area contributed by atoms with E-state index >= 15 is 0 Å². The monoisotopic (exact) mass is 236 g/mol. The molecule has 0 unspecified atom stereocenters. The maximum atomic E-state index is 13.1. The molecule has 92 valence electrons. The maximum Gasteiger partial charge on any atom is 0.159 e. The van der Waals surface area contributed by atoms with E-state index < -0.39 is 11.6 Å². The Hall–Kier alpha value is -1.18. The van der Waals surface area contributed by atoms with Gasteiger partial charge in [-0.05, 0) is 61.6 Å². The molecule has 1 fully saturated rings. The first-order chi connectivity index (χ1) is 8.20. The Labute approximate surface area is 101 Å². The molecule has 0 nitrogen and oxygen atoms in total. The second-order valence-corrected chi connectivity index (χ2v) is 4.92. The molecule has 0 amide bonds. The number of hydrogen-bond donors (Lipinski definition) is 0. The molecule has 1 aliphatic carbocycles. The summed E-state index contributed by atoms with van der Waals surface area (Å²) in [5, 5.41) is 0. The highest BCUT2D eigenvalue weighted by Crippen LogP contribution is 2.37. The summed E-state index contributed by atoms with van der Waals surface area (Å²) in [4.78, 5) is 0. The van der Waals surface area contributed by atoms with Crippen molar-refractivity contribution >= 4 is 0 Å². The molecule has 1 aliphatic rings. The Bertz CT molecular complexity index is 390. The molecule has 0 bridgehead atoms. The summed E-state index contributed by atoms with van der Waals surface area (Å²) in [5.41, 5.74) is 0.945. The Balaban J connectivity index is 2.00. The normalized spacial score (nSPS) is 24.6. The topological polar surface area (TPSA) is 0 Å². The van der Waals surface area contributed by atoms with Crippen molar-refractivity contribution in [3.63, 3.8) is 0 Å². The Morgan fingerprint density at radius 3 is 2.41 bits per heavy atom. The quantitative estimate of drug-likeness (QED) is 0.660. The van der Waals surface area contributed by atoms with Crippen LogP contribution in [0.3, 0.4) is 0 Å². The van der Waals surface area contributed by atoms with Gasteiger partial charge in [0, 0.05) is 0 Å². The van der Waals surface area contributed by atoms with Crippen LogP contribution in [-0.4, -0.2) is 0 Å². The molecule has 0 radical (unpaired) electrons. The van der Waals surface area contributed by atoms with E-state index in [0.717, 1.165) is 43.6 Å². The predicted molar refractivity (Wildman–Crippen MR) is 65.9 cm³/mol. The fraction of sp³-hybridized carbons (Fsp3) is 0.467. The van der Waals surface area contributed by atoms with Crippen molar-refractivity contribution in [3.05, 3.63) is 48.1 Å². The minimum absolute atomic E-state index is 0.395. The summed E-state index contributed by atoms with van der Waals surface area (Å²) in [6, 6.07) is 4.31. The lowest BCUT2D eigenvalue weighted by Gasteiger charge is -2.28. The zero-order valence-corrected chi connectivity index (χ0v) is 9.96. The lowest BCUT2D eigenvalue weighted by atomic mass is 9.77. The number of hydrogen-bond acceptors (Lipinski definition) is 0. The van der Waals surface area contributed by atoms with Crippen LogP contribution in [0, 0.1) is 17.6 Å². The van der Waals surface area contributed by atoms with Gasteiger partial charge >= 0.3 is 0 Å². The molecule has 0 atom stereocenters. The van der Waals surface area contributed by atoms with E-state index in [1.807, 2.05) is 6.08 Å². The van der Waals surface area contributed by atoms with Gasteiger partial charge in [-0.2, -0.15) is 0 Å². The van der Waals surface area contributed by atoms with E-state index in [1.165, 1.54) is 12.1 Å². The molecule has 17 heavy (non-hydrogen) atoms. The van der Waals surface area contributed by atoms with Crippen molar-refractivity contribution in [2.24, 2.45) is 5.92 Å². The van der Waals surface area contributed by atoms with Crippen LogP contribution < -0.4 is 0 Å². The first-order valence-corrected chi connectivity index (χ1v) is 6.26. The van der Waals surface area contributed by atoms with Crippen LogP contribution >= 0.6 is 0 Å². The maximum absolute atomic E-state index is 13.1. The third-order valence-corrected chi connectivity index (χ3v) is 3.76. The predicted octanol–water partition coefficient (Wildman–Crippen LogP) is 4.81. The second-order valence-electron chi connectivity index (χ2n) is 4.92. The molecular formula is C15H18F2. The van der Waals surface area contributed by atoms with Crippen molar-refractivity contribution in [1.29, 1.82) is 0 Å². The average Bonchev–Trinajstić information content (AvgIpc) is 2.34. The summed E-state index contributed by atoms with van der Waals surface area (Å²) in [6.07, 6.45) is 7.52. The van der Waals surface area contributed by atoms with Crippen LogP contribution in [0.5, 0.6) is 0 Å². The fourth-order valence-corrected chi connectivity index (χ4v) is 2.73.